The van der Waals surface area contributed by atoms with Crippen molar-refractivity contribution < 1.29 is 18.0 Å². The molecule has 0 aliphatic carbocycles. The van der Waals surface area contributed by atoms with E-state index >= 15 is 0 Å². The third-order valence-electron chi connectivity index (χ3n) is 4.33. The van der Waals surface area contributed by atoms with Gasteiger partial charge in [-0.15, -0.1) is 0 Å². The van der Waals surface area contributed by atoms with Crippen LogP contribution >= 0.6 is 0 Å². The Hall–Kier alpha value is -2.69. The first-order chi connectivity index (χ1) is 12.4. The number of carbonyl (C=O) groups excluding carboxylic acids is 1. The second kappa shape index (κ2) is 7.68. The molecule has 134 valence electrons. The Kier molecular flexibility index (Phi) is 5.35. The number of alkyl halides is 3. The Labute approximate surface area is 149 Å². The van der Waals surface area contributed by atoms with Crippen LogP contribution in [0.1, 0.15) is 41.2 Å². The summed E-state index contributed by atoms with van der Waals surface area (Å²) >= 11 is 0. The van der Waals surface area contributed by atoms with E-state index in [1.165, 1.54) is 0 Å². The average Bonchev–Trinajstić information content (AvgIpc) is 2.64. The van der Waals surface area contributed by atoms with Gasteiger partial charge in [-0.3, -0.25) is 9.78 Å². The van der Waals surface area contributed by atoms with Crippen LogP contribution in [0.4, 0.5) is 13.2 Å². The molecule has 1 atom stereocenters. The van der Waals surface area contributed by atoms with Crippen LogP contribution in [0.2, 0.25) is 0 Å². The fourth-order valence-electron chi connectivity index (χ4n) is 3.02. The Morgan fingerprint density at radius 3 is 2.35 bits per heavy atom. The number of fused-ring (bicyclic) bond motifs is 1. The summed E-state index contributed by atoms with van der Waals surface area (Å²) in [5.74, 6) is -0.995. The zero-order chi connectivity index (χ0) is 18.6. The van der Waals surface area contributed by atoms with Gasteiger partial charge in [-0.1, -0.05) is 54.6 Å². The minimum Gasteiger partial charge on any atom is -0.294 e. The quantitative estimate of drug-likeness (QED) is 0.512. The summed E-state index contributed by atoms with van der Waals surface area (Å²) in [6.07, 6.45) is -5.13. The van der Waals surface area contributed by atoms with Gasteiger partial charge >= 0.3 is 6.18 Å². The van der Waals surface area contributed by atoms with Crippen molar-refractivity contribution in [3.63, 3.8) is 0 Å². The zero-order valence-corrected chi connectivity index (χ0v) is 14.0. The lowest BCUT2D eigenvalue weighted by atomic mass is 9.92. The minimum absolute atomic E-state index is 0.0548. The molecule has 0 N–H and O–H groups in total. The normalized spacial score (nSPS) is 12.9. The number of para-hydroxylation sites is 1. The van der Waals surface area contributed by atoms with Gasteiger partial charge < -0.3 is 0 Å². The number of hydrogen-bond acceptors (Lipinski definition) is 2. The molecule has 5 heteroatoms. The maximum absolute atomic E-state index is 13.0. The molecule has 0 saturated heterocycles. The molecule has 2 aromatic carbocycles. The molecule has 0 radical (unpaired) electrons. The van der Waals surface area contributed by atoms with Crippen molar-refractivity contribution in [2.45, 2.75) is 31.4 Å². The average molecular weight is 357 g/mol. The van der Waals surface area contributed by atoms with Crippen molar-refractivity contribution in [3.8, 4) is 0 Å². The summed E-state index contributed by atoms with van der Waals surface area (Å²) in [6, 6.07) is 19.3. The summed E-state index contributed by atoms with van der Waals surface area (Å²) in [6.45, 7) is 0. The van der Waals surface area contributed by atoms with Crippen LogP contribution in [0.3, 0.4) is 0 Å². The molecule has 0 aliphatic rings. The highest BCUT2D eigenvalue weighted by atomic mass is 19.4. The summed E-state index contributed by atoms with van der Waals surface area (Å²) in [7, 11) is 0. The molecule has 2 nitrogen and oxygen atoms in total. The molecule has 0 aliphatic heterocycles. The van der Waals surface area contributed by atoms with E-state index in [1.54, 1.807) is 54.6 Å². The molecule has 0 amide bonds. The number of carbonyl (C=O) groups is 1. The van der Waals surface area contributed by atoms with Crippen molar-refractivity contribution in [2.75, 3.05) is 0 Å². The van der Waals surface area contributed by atoms with E-state index in [9.17, 15) is 18.0 Å². The predicted octanol–water partition coefficient (Wildman–Crippen LogP) is 5.93. The number of ketones is 1. The summed E-state index contributed by atoms with van der Waals surface area (Å²) in [4.78, 5) is 16.7. The lowest BCUT2D eigenvalue weighted by Crippen LogP contribution is -2.16. The molecule has 0 fully saturated rings. The third-order valence-corrected chi connectivity index (χ3v) is 4.33. The molecule has 1 heterocycles. The van der Waals surface area contributed by atoms with Crippen LogP contribution in [0.25, 0.3) is 10.9 Å². The number of aromatic nitrogens is 1. The second-order valence-electron chi connectivity index (χ2n) is 6.27. The van der Waals surface area contributed by atoms with E-state index in [0.29, 0.717) is 16.8 Å². The lowest BCUT2D eigenvalue weighted by molar-refractivity contribution is -0.139. The van der Waals surface area contributed by atoms with Gasteiger partial charge in [-0.05, 0) is 18.6 Å². The molecule has 0 spiro atoms. The number of halogens is 3. The number of pyridine rings is 1. The molecule has 1 aromatic heterocycles. The van der Waals surface area contributed by atoms with E-state index < -0.39 is 18.5 Å². The molecule has 3 aromatic rings. The van der Waals surface area contributed by atoms with E-state index in [-0.39, 0.29) is 18.6 Å². The Morgan fingerprint density at radius 1 is 0.923 bits per heavy atom. The highest BCUT2D eigenvalue weighted by molar-refractivity contribution is 5.96. The number of hydrogen-bond donors (Lipinski definition) is 0. The summed E-state index contributed by atoms with van der Waals surface area (Å²) in [5, 5.41) is 0.877. The van der Waals surface area contributed by atoms with Gasteiger partial charge in [0.1, 0.15) is 0 Å². The maximum atomic E-state index is 13.0. The molecule has 0 bridgehead atoms. The van der Waals surface area contributed by atoms with E-state index in [2.05, 4.69) is 4.98 Å². The zero-order valence-electron chi connectivity index (χ0n) is 14.0. The number of rotatable bonds is 6. The van der Waals surface area contributed by atoms with Gasteiger partial charge in [0.2, 0.25) is 0 Å². The SMILES string of the molecule is O=C(CCC(CC(F)(F)F)c1ccc2ccccc2n1)c1ccccc1. The van der Waals surface area contributed by atoms with Gasteiger partial charge in [-0.25, -0.2) is 0 Å². The van der Waals surface area contributed by atoms with E-state index in [4.69, 9.17) is 0 Å². The number of nitrogens with zero attached hydrogens (tertiary/aromatic N) is 1. The molecular formula is C21H18F3NO. The summed E-state index contributed by atoms with van der Waals surface area (Å²) in [5.41, 5.74) is 1.55. The van der Waals surface area contributed by atoms with Crippen molar-refractivity contribution >= 4 is 16.7 Å². The molecule has 1 unspecified atom stereocenters. The van der Waals surface area contributed by atoms with Crippen LogP contribution in [-0.2, 0) is 0 Å². The maximum Gasteiger partial charge on any atom is 0.389 e. The highest BCUT2D eigenvalue weighted by Crippen LogP contribution is 2.34. The third kappa shape index (κ3) is 4.69. The molecular weight excluding hydrogens is 339 g/mol. The van der Waals surface area contributed by atoms with Crippen LogP contribution in [0.5, 0.6) is 0 Å². The van der Waals surface area contributed by atoms with Crippen LogP contribution in [-0.4, -0.2) is 16.9 Å². The minimum atomic E-state index is -4.31. The monoisotopic (exact) mass is 357 g/mol. The predicted molar refractivity (Wildman–Crippen MR) is 95.2 cm³/mol. The molecule has 0 saturated carbocycles. The fraction of sp³-hybridized carbons (Fsp3) is 0.238. The van der Waals surface area contributed by atoms with Crippen LogP contribution in [0.15, 0.2) is 66.7 Å². The fourth-order valence-corrected chi connectivity index (χ4v) is 3.02. The Morgan fingerprint density at radius 2 is 1.62 bits per heavy atom. The topological polar surface area (TPSA) is 30.0 Å². The van der Waals surface area contributed by atoms with Crippen molar-refractivity contribution in [2.24, 2.45) is 0 Å². The van der Waals surface area contributed by atoms with E-state index in [0.717, 1.165) is 5.39 Å². The summed E-state index contributed by atoms with van der Waals surface area (Å²) < 4.78 is 39.1. The Bertz CT molecular complexity index is 890. The molecule has 26 heavy (non-hydrogen) atoms. The number of Topliss-reactive ketones (excluding diaryl/α,β-unsaturated/α-hetero) is 1. The van der Waals surface area contributed by atoms with E-state index in [1.807, 2.05) is 12.1 Å². The second-order valence-corrected chi connectivity index (χ2v) is 6.27. The van der Waals surface area contributed by atoms with Gasteiger partial charge in [0.05, 0.1) is 11.9 Å². The Balaban J connectivity index is 1.81. The van der Waals surface area contributed by atoms with Crippen molar-refractivity contribution in [3.05, 3.63) is 78.0 Å². The smallest absolute Gasteiger partial charge is 0.294 e. The van der Waals surface area contributed by atoms with Gasteiger partial charge in [0, 0.05) is 29.0 Å². The largest absolute Gasteiger partial charge is 0.389 e. The first-order valence-electron chi connectivity index (χ1n) is 8.43. The van der Waals surface area contributed by atoms with Gasteiger partial charge in [0.15, 0.2) is 5.78 Å². The number of benzene rings is 2. The lowest BCUT2D eigenvalue weighted by Gasteiger charge is -2.18. The molecule has 3 rings (SSSR count). The standard InChI is InChI=1S/C21H18F3NO/c22-21(23,24)14-17(11-13-20(26)16-7-2-1-3-8-16)19-12-10-15-6-4-5-9-18(15)25-19/h1-10,12,17H,11,13-14H2. The first-order valence-corrected chi connectivity index (χ1v) is 8.43. The highest BCUT2D eigenvalue weighted by Gasteiger charge is 2.33. The first kappa shape index (κ1) is 18.1. The van der Waals surface area contributed by atoms with Crippen LogP contribution in [0, 0.1) is 0 Å². The van der Waals surface area contributed by atoms with Gasteiger partial charge in [0.25, 0.3) is 0 Å². The van der Waals surface area contributed by atoms with Gasteiger partial charge in [-0.2, -0.15) is 13.2 Å². The van der Waals surface area contributed by atoms with Crippen molar-refractivity contribution in [1.29, 1.82) is 0 Å². The van der Waals surface area contributed by atoms with Crippen molar-refractivity contribution in [1.82, 2.24) is 4.98 Å². The van der Waals surface area contributed by atoms with Crippen LogP contribution < -0.4 is 0 Å².